The number of rotatable bonds is 1. The van der Waals surface area contributed by atoms with Crippen LogP contribution in [-0.2, 0) is 22.5 Å². The van der Waals surface area contributed by atoms with E-state index in [-0.39, 0.29) is 17.6 Å². The number of nitrogens with one attached hydrogen (secondary N) is 1. The molecule has 1 saturated heterocycles. The lowest BCUT2D eigenvalue weighted by Crippen LogP contribution is -2.42. The maximum atomic E-state index is 12.2. The lowest BCUT2D eigenvalue weighted by molar-refractivity contribution is -0.141. The zero-order valence-corrected chi connectivity index (χ0v) is 10.0. The van der Waals surface area contributed by atoms with E-state index in [1.54, 1.807) is 4.90 Å². The second kappa shape index (κ2) is 4.53. The van der Waals surface area contributed by atoms with Gasteiger partial charge in [0.25, 0.3) is 11.5 Å². The topological polar surface area (TPSA) is 75.3 Å². The minimum absolute atomic E-state index is 0.0402. The van der Waals surface area contributed by atoms with Crippen LogP contribution in [0.2, 0.25) is 0 Å². The largest absolute Gasteiger partial charge is 0.368 e. The second-order valence-electron chi connectivity index (χ2n) is 4.72. The highest BCUT2D eigenvalue weighted by Crippen LogP contribution is 2.20. The summed E-state index contributed by atoms with van der Waals surface area (Å²) in [6, 6.07) is 1.53. The van der Waals surface area contributed by atoms with Crippen molar-refractivity contribution in [2.24, 2.45) is 0 Å². The fraction of sp³-hybridized carbons (Fsp3) is 0.583. The molecule has 0 radical (unpaired) electrons. The first-order valence-corrected chi connectivity index (χ1v) is 6.22. The smallest absolute Gasteiger partial charge is 0.264 e. The van der Waals surface area contributed by atoms with Crippen LogP contribution in [0, 0.1) is 0 Å². The van der Waals surface area contributed by atoms with Crippen molar-refractivity contribution in [3.05, 3.63) is 27.7 Å². The van der Waals surface area contributed by atoms with Crippen molar-refractivity contribution in [3.8, 4) is 0 Å². The van der Waals surface area contributed by atoms with Crippen LogP contribution in [0.15, 0.2) is 10.9 Å². The van der Waals surface area contributed by atoms with Gasteiger partial charge in [0.05, 0.1) is 5.69 Å². The Bertz CT molecular complexity index is 520. The summed E-state index contributed by atoms with van der Waals surface area (Å²) in [5.41, 5.74) is 1.50. The Hall–Kier alpha value is -1.69. The molecule has 2 aliphatic heterocycles. The van der Waals surface area contributed by atoms with Gasteiger partial charge in [-0.3, -0.25) is 9.59 Å². The van der Waals surface area contributed by atoms with E-state index in [0.717, 1.165) is 24.1 Å². The van der Waals surface area contributed by atoms with Gasteiger partial charge in [-0.05, 0) is 12.8 Å². The van der Waals surface area contributed by atoms with Crippen molar-refractivity contribution in [3.63, 3.8) is 0 Å². The van der Waals surface area contributed by atoms with E-state index in [1.165, 1.54) is 6.07 Å². The van der Waals surface area contributed by atoms with E-state index in [4.69, 9.17) is 4.74 Å². The third-order valence-corrected chi connectivity index (χ3v) is 3.47. The zero-order chi connectivity index (χ0) is 12.5. The molecule has 1 N–H and O–H groups in total. The molecule has 1 atom stereocenters. The van der Waals surface area contributed by atoms with Crippen LogP contribution in [0.5, 0.6) is 0 Å². The van der Waals surface area contributed by atoms with E-state index in [1.807, 2.05) is 0 Å². The summed E-state index contributed by atoms with van der Waals surface area (Å²) in [6.07, 6.45) is 2.14. The van der Waals surface area contributed by atoms with Gasteiger partial charge in [-0.2, -0.15) is 5.10 Å². The van der Waals surface area contributed by atoms with Crippen molar-refractivity contribution in [2.45, 2.75) is 31.9 Å². The molecular formula is C12H15N3O3. The van der Waals surface area contributed by atoms with Crippen molar-refractivity contribution < 1.29 is 9.53 Å². The molecule has 0 aliphatic carbocycles. The normalized spacial score (nSPS) is 22.9. The average molecular weight is 249 g/mol. The number of aromatic amines is 1. The van der Waals surface area contributed by atoms with Gasteiger partial charge < -0.3 is 9.64 Å². The van der Waals surface area contributed by atoms with Crippen LogP contribution < -0.4 is 5.56 Å². The van der Waals surface area contributed by atoms with E-state index in [2.05, 4.69) is 10.2 Å². The molecule has 96 valence electrons. The number of H-pyrrole nitrogens is 1. The zero-order valence-electron chi connectivity index (χ0n) is 10.0. The number of amides is 1. The molecule has 0 aromatic carbocycles. The molecule has 1 unspecified atom stereocenters. The predicted molar refractivity (Wildman–Crippen MR) is 63.0 cm³/mol. The van der Waals surface area contributed by atoms with Gasteiger partial charge in [0.1, 0.15) is 6.10 Å². The van der Waals surface area contributed by atoms with Gasteiger partial charge in [-0.15, -0.1) is 0 Å². The predicted octanol–water partition coefficient (Wildman–Crippen LogP) is -0.166. The molecule has 6 heteroatoms. The lowest BCUT2D eigenvalue weighted by Gasteiger charge is -2.29. The fourth-order valence-electron chi connectivity index (χ4n) is 2.51. The first-order valence-electron chi connectivity index (χ1n) is 6.22. The number of aromatic nitrogens is 2. The minimum atomic E-state index is -0.290. The Morgan fingerprint density at radius 1 is 1.56 bits per heavy atom. The van der Waals surface area contributed by atoms with Crippen LogP contribution >= 0.6 is 0 Å². The highest BCUT2D eigenvalue weighted by molar-refractivity contribution is 5.81. The molecule has 1 aromatic heterocycles. The number of hydrogen-bond donors (Lipinski definition) is 1. The highest BCUT2D eigenvalue weighted by Gasteiger charge is 2.30. The summed E-state index contributed by atoms with van der Waals surface area (Å²) in [4.78, 5) is 25.2. The van der Waals surface area contributed by atoms with E-state index in [9.17, 15) is 9.59 Å². The standard InChI is InChI=1S/C12H15N3O3/c16-11-6-8-7-15(4-3-9(8)13-14-11)12(17)10-2-1-5-18-10/h6,10H,1-5,7H2,(H,14,16). The minimum Gasteiger partial charge on any atom is -0.368 e. The first kappa shape index (κ1) is 11.4. The van der Waals surface area contributed by atoms with Gasteiger partial charge >= 0.3 is 0 Å². The Kier molecular flexibility index (Phi) is 2.87. The quantitative estimate of drug-likeness (QED) is 0.750. The van der Waals surface area contributed by atoms with E-state index in [0.29, 0.717) is 26.1 Å². The van der Waals surface area contributed by atoms with Crippen molar-refractivity contribution in [2.75, 3.05) is 13.2 Å². The Balaban J connectivity index is 1.77. The lowest BCUT2D eigenvalue weighted by atomic mass is 10.1. The number of hydrogen-bond acceptors (Lipinski definition) is 4. The SMILES string of the molecule is O=C(C1CCCO1)N1CCc2n[nH]c(=O)cc2C1. The second-order valence-corrected chi connectivity index (χ2v) is 4.72. The summed E-state index contributed by atoms with van der Waals surface area (Å²) in [6.45, 7) is 1.78. The molecule has 18 heavy (non-hydrogen) atoms. The molecule has 1 fully saturated rings. The first-order chi connectivity index (χ1) is 8.74. The number of fused-ring (bicyclic) bond motifs is 1. The summed E-state index contributed by atoms with van der Waals surface area (Å²) < 4.78 is 5.40. The number of ether oxygens (including phenoxy) is 1. The van der Waals surface area contributed by atoms with Crippen molar-refractivity contribution >= 4 is 5.91 Å². The Labute approximate surface area is 104 Å². The molecule has 2 aliphatic rings. The molecule has 0 saturated carbocycles. The van der Waals surface area contributed by atoms with E-state index >= 15 is 0 Å². The average Bonchev–Trinajstić information content (AvgIpc) is 2.90. The van der Waals surface area contributed by atoms with Gasteiger partial charge in [0, 0.05) is 37.7 Å². The third kappa shape index (κ3) is 2.03. The summed E-state index contributed by atoms with van der Waals surface area (Å²) in [5, 5.41) is 6.43. The molecule has 3 heterocycles. The molecule has 0 bridgehead atoms. The van der Waals surface area contributed by atoms with Gasteiger partial charge in [0.15, 0.2) is 0 Å². The van der Waals surface area contributed by atoms with Crippen LogP contribution in [0.1, 0.15) is 24.1 Å². The molecule has 1 aromatic rings. The summed E-state index contributed by atoms with van der Waals surface area (Å²) in [7, 11) is 0. The van der Waals surface area contributed by atoms with Crippen LogP contribution in [-0.4, -0.2) is 40.3 Å². The van der Waals surface area contributed by atoms with E-state index < -0.39 is 0 Å². The maximum Gasteiger partial charge on any atom is 0.264 e. The highest BCUT2D eigenvalue weighted by atomic mass is 16.5. The Morgan fingerprint density at radius 3 is 3.22 bits per heavy atom. The van der Waals surface area contributed by atoms with Crippen molar-refractivity contribution in [1.82, 2.24) is 15.1 Å². The van der Waals surface area contributed by atoms with Crippen LogP contribution in [0.3, 0.4) is 0 Å². The van der Waals surface area contributed by atoms with Gasteiger partial charge in [0.2, 0.25) is 0 Å². The molecular weight excluding hydrogens is 234 g/mol. The molecule has 6 nitrogen and oxygen atoms in total. The Morgan fingerprint density at radius 2 is 2.44 bits per heavy atom. The van der Waals surface area contributed by atoms with Crippen LogP contribution in [0.4, 0.5) is 0 Å². The summed E-state index contributed by atoms with van der Waals surface area (Å²) in [5.74, 6) is 0.0402. The summed E-state index contributed by atoms with van der Waals surface area (Å²) >= 11 is 0. The fourth-order valence-corrected chi connectivity index (χ4v) is 2.51. The maximum absolute atomic E-state index is 12.2. The van der Waals surface area contributed by atoms with Crippen molar-refractivity contribution in [1.29, 1.82) is 0 Å². The molecule has 3 rings (SSSR count). The number of carbonyl (C=O) groups excluding carboxylic acids is 1. The molecule has 1 amide bonds. The monoisotopic (exact) mass is 249 g/mol. The number of nitrogens with zero attached hydrogens (tertiary/aromatic N) is 2. The van der Waals surface area contributed by atoms with Gasteiger partial charge in [-0.1, -0.05) is 0 Å². The number of carbonyl (C=O) groups is 1. The van der Waals surface area contributed by atoms with Gasteiger partial charge in [-0.25, -0.2) is 5.10 Å². The molecule has 0 spiro atoms. The third-order valence-electron chi connectivity index (χ3n) is 3.47. The van der Waals surface area contributed by atoms with Crippen LogP contribution in [0.25, 0.3) is 0 Å².